The molecular weight excluding hydrogens is 699 g/mol. The maximum Gasteiger partial charge on any atom is 0.123 e. The zero-order valence-corrected chi connectivity index (χ0v) is 31.6. The van der Waals surface area contributed by atoms with Crippen LogP contribution in [0, 0.1) is 11.6 Å². The van der Waals surface area contributed by atoms with Gasteiger partial charge in [-0.15, -0.1) is 0 Å². The van der Waals surface area contributed by atoms with Crippen molar-refractivity contribution in [3.05, 3.63) is 205 Å². The fourth-order valence-corrected chi connectivity index (χ4v) is 9.84. The molecule has 270 valence electrons. The van der Waals surface area contributed by atoms with Gasteiger partial charge in [-0.05, 0) is 146 Å². The van der Waals surface area contributed by atoms with Gasteiger partial charge in [-0.2, -0.15) is 0 Å². The first-order valence-corrected chi connectivity index (χ1v) is 19.6. The Hall–Kier alpha value is -6.90. The van der Waals surface area contributed by atoms with Crippen LogP contribution >= 0.6 is 0 Å². The Bertz CT molecular complexity index is 2960. The normalized spacial score (nSPS) is 13.1. The molecule has 0 N–H and O–H groups in total. The topological polar surface area (TPSA) is 0 Å². The molecule has 0 spiro atoms. The zero-order valence-electron chi connectivity index (χ0n) is 31.6. The Balaban J connectivity index is 1.10. The van der Waals surface area contributed by atoms with Crippen molar-refractivity contribution in [2.45, 2.75) is 19.3 Å². The van der Waals surface area contributed by atoms with Crippen molar-refractivity contribution in [3.8, 4) is 55.6 Å². The predicted molar refractivity (Wildman–Crippen MR) is 236 cm³/mol. The van der Waals surface area contributed by atoms with Gasteiger partial charge in [-0.3, -0.25) is 0 Å². The Morgan fingerprint density at radius 3 is 0.860 bits per heavy atom. The highest BCUT2D eigenvalue weighted by atomic mass is 19.1. The summed E-state index contributed by atoms with van der Waals surface area (Å²) in [5.74, 6) is -0.480. The minimum Gasteiger partial charge on any atom is -0.207 e. The summed E-state index contributed by atoms with van der Waals surface area (Å²) in [6.07, 6.45) is 0. The van der Waals surface area contributed by atoms with Gasteiger partial charge in [0.25, 0.3) is 0 Å². The average Bonchev–Trinajstić information content (AvgIpc) is 3.46. The summed E-state index contributed by atoms with van der Waals surface area (Å²) in [6.45, 7) is 4.69. The van der Waals surface area contributed by atoms with Crippen LogP contribution in [0.25, 0.3) is 98.7 Å². The summed E-state index contributed by atoms with van der Waals surface area (Å²) in [7, 11) is 0. The van der Waals surface area contributed by atoms with E-state index in [2.05, 4.69) is 147 Å². The highest BCUT2D eigenvalue weighted by Gasteiger charge is 2.36. The first-order chi connectivity index (χ1) is 27.9. The van der Waals surface area contributed by atoms with E-state index in [9.17, 15) is 8.78 Å². The van der Waals surface area contributed by atoms with Crippen molar-refractivity contribution in [1.82, 2.24) is 0 Å². The minimum absolute atomic E-state index is 0.240. The maximum atomic E-state index is 14.6. The van der Waals surface area contributed by atoms with E-state index in [1.165, 1.54) is 45.5 Å². The Kier molecular flexibility index (Phi) is 7.37. The van der Waals surface area contributed by atoms with Crippen LogP contribution in [0.4, 0.5) is 8.78 Å². The molecule has 0 bridgehead atoms. The summed E-state index contributed by atoms with van der Waals surface area (Å²) in [4.78, 5) is 0. The van der Waals surface area contributed by atoms with Crippen molar-refractivity contribution < 1.29 is 8.78 Å². The molecule has 1 aliphatic carbocycles. The lowest BCUT2D eigenvalue weighted by Crippen LogP contribution is -2.15. The molecule has 2 heteroatoms. The number of halogens is 2. The molecule has 0 radical (unpaired) electrons. The molecule has 57 heavy (non-hydrogen) atoms. The van der Waals surface area contributed by atoms with Crippen molar-refractivity contribution in [1.29, 1.82) is 0 Å². The van der Waals surface area contributed by atoms with Gasteiger partial charge < -0.3 is 0 Å². The van der Waals surface area contributed by atoms with Crippen molar-refractivity contribution in [2.24, 2.45) is 0 Å². The van der Waals surface area contributed by atoms with E-state index in [1.807, 2.05) is 12.1 Å². The Morgan fingerprint density at radius 2 is 0.579 bits per heavy atom. The van der Waals surface area contributed by atoms with Gasteiger partial charge in [0.1, 0.15) is 11.6 Å². The first kappa shape index (κ1) is 33.4. The van der Waals surface area contributed by atoms with Crippen LogP contribution in [0.2, 0.25) is 0 Å². The van der Waals surface area contributed by atoms with Crippen LogP contribution in [-0.2, 0) is 5.41 Å². The maximum absolute atomic E-state index is 14.6. The van der Waals surface area contributed by atoms with E-state index < -0.39 is 0 Å². The summed E-state index contributed by atoms with van der Waals surface area (Å²) >= 11 is 0. The fourth-order valence-electron chi connectivity index (χ4n) is 9.84. The van der Waals surface area contributed by atoms with Crippen molar-refractivity contribution in [2.75, 3.05) is 0 Å². The average molecular weight is 735 g/mol. The summed E-state index contributed by atoms with van der Waals surface area (Å²) in [5.41, 5.74) is 13.4. The summed E-state index contributed by atoms with van der Waals surface area (Å²) in [5, 5.41) is 9.00. The van der Waals surface area contributed by atoms with E-state index in [1.54, 1.807) is 24.3 Å². The number of fused-ring (bicyclic) bond motifs is 7. The van der Waals surface area contributed by atoms with Gasteiger partial charge in [-0.1, -0.05) is 159 Å². The molecule has 0 saturated heterocycles. The molecule has 0 aromatic heterocycles. The molecule has 0 nitrogen and oxygen atoms in total. The molecule has 0 amide bonds. The van der Waals surface area contributed by atoms with Gasteiger partial charge in [0.15, 0.2) is 0 Å². The summed E-state index contributed by atoms with van der Waals surface area (Å²) < 4.78 is 29.3. The molecule has 1 aliphatic rings. The molecular formula is C55H36F2. The molecule has 0 unspecified atom stereocenters. The highest BCUT2D eigenvalue weighted by Crippen LogP contribution is 2.53. The number of hydrogen-bond acceptors (Lipinski definition) is 0. The lowest BCUT2D eigenvalue weighted by molar-refractivity contribution is 0.628. The Morgan fingerprint density at radius 1 is 0.298 bits per heavy atom. The summed E-state index contributed by atoms with van der Waals surface area (Å²) in [6, 6.07) is 62.0. The van der Waals surface area contributed by atoms with Crippen molar-refractivity contribution >= 4 is 43.1 Å². The van der Waals surface area contributed by atoms with Gasteiger partial charge >= 0.3 is 0 Å². The lowest BCUT2D eigenvalue weighted by atomic mass is 9.79. The van der Waals surface area contributed by atoms with Gasteiger partial charge in [0.05, 0.1) is 0 Å². The van der Waals surface area contributed by atoms with E-state index in [0.717, 1.165) is 76.5 Å². The van der Waals surface area contributed by atoms with Crippen LogP contribution in [0.15, 0.2) is 182 Å². The van der Waals surface area contributed by atoms with Crippen LogP contribution in [0.5, 0.6) is 0 Å². The van der Waals surface area contributed by atoms with Crippen LogP contribution < -0.4 is 0 Å². The number of benzene rings is 10. The van der Waals surface area contributed by atoms with E-state index >= 15 is 0 Å². The van der Waals surface area contributed by atoms with Crippen molar-refractivity contribution in [3.63, 3.8) is 0 Å². The molecule has 0 atom stereocenters. The second-order valence-corrected chi connectivity index (χ2v) is 15.8. The van der Waals surface area contributed by atoms with E-state index in [-0.39, 0.29) is 17.0 Å². The smallest absolute Gasteiger partial charge is 0.123 e. The highest BCUT2D eigenvalue weighted by molar-refractivity contribution is 6.23. The lowest BCUT2D eigenvalue weighted by Gasteiger charge is -2.24. The second kappa shape index (κ2) is 12.6. The van der Waals surface area contributed by atoms with Crippen LogP contribution in [0.3, 0.4) is 0 Å². The molecule has 0 aliphatic heterocycles. The SMILES string of the molecule is CC1(C)c2cc(-c3c4ccccc4c(-c4cccc(F)c4)c4ccccc34)ccc2-c2ccc(-c3c4ccccc4c(-c4cccc(F)c4)c4ccccc34)cc21. The van der Waals surface area contributed by atoms with Crippen LogP contribution in [-0.4, -0.2) is 0 Å². The predicted octanol–water partition coefficient (Wildman–Crippen LogP) is 15.6. The van der Waals surface area contributed by atoms with Gasteiger partial charge in [0, 0.05) is 5.41 Å². The zero-order chi connectivity index (χ0) is 38.4. The van der Waals surface area contributed by atoms with Crippen LogP contribution in [0.1, 0.15) is 25.0 Å². The Labute approximate surface area is 330 Å². The molecule has 0 fully saturated rings. The number of rotatable bonds is 4. The third-order valence-electron chi connectivity index (χ3n) is 12.3. The molecule has 0 saturated carbocycles. The minimum atomic E-state index is -0.281. The molecule has 11 rings (SSSR count). The van der Waals surface area contributed by atoms with Gasteiger partial charge in [0.2, 0.25) is 0 Å². The molecule has 0 heterocycles. The largest absolute Gasteiger partial charge is 0.207 e. The number of hydrogen-bond donors (Lipinski definition) is 0. The molecule has 10 aromatic carbocycles. The molecule has 10 aromatic rings. The third kappa shape index (κ3) is 5.03. The second-order valence-electron chi connectivity index (χ2n) is 15.8. The fraction of sp³-hybridized carbons (Fsp3) is 0.0545. The van der Waals surface area contributed by atoms with E-state index in [0.29, 0.717) is 0 Å². The standard InChI is InChI=1S/C55H36F2/c1-55(2)49-31-35(53-45-21-7-3-17-41(45)51(33-13-11-15-37(56)29-33)42-18-4-8-22-46(42)53)25-27-39(49)40-28-26-36(32-50(40)55)54-47-23-9-5-19-43(47)52(34-14-12-16-38(57)30-34)44-20-6-10-24-48(44)54/h3-32H,1-2H3. The van der Waals surface area contributed by atoms with Gasteiger partial charge in [-0.25, -0.2) is 8.78 Å². The first-order valence-electron chi connectivity index (χ1n) is 19.6. The monoisotopic (exact) mass is 734 g/mol. The third-order valence-corrected chi connectivity index (χ3v) is 12.3. The van der Waals surface area contributed by atoms with E-state index in [4.69, 9.17) is 0 Å². The quantitative estimate of drug-likeness (QED) is 0.158.